The van der Waals surface area contributed by atoms with E-state index in [1.807, 2.05) is 30.5 Å². The van der Waals surface area contributed by atoms with Gasteiger partial charge in [-0.1, -0.05) is 36.9 Å². The second kappa shape index (κ2) is 7.45. The number of furan rings is 1. The lowest BCUT2D eigenvalue weighted by atomic mass is 9.90. The Bertz CT molecular complexity index is 1170. The molecule has 0 unspecified atom stereocenters. The number of anilines is 1. The maximum atomic E-state index is 13.8. The van der Waals surface area contributed by atoms with Crippen LogP contribution >= 0.6 is 11.6 Å². The van der Waals surface area contributed by atoms with Crippen LogP contribution in [0.3, 0.4) is 0 Å². The summed E-state index contributed by atoms with van der Waals surface area (Å²) in [5.41, 5.74) is 2.41. The monoisotopic (exact) mass is 439 g/mol. The maximum Gasteiger partial charge on any atom is 0.276 e. The van der Waals surface area contributed by atoms with Gasteiger partial charge in [-0.25, -0.2) is 0 Å². The second-order valence-corrected chi connectivity index (χ2v) is 9.38. The molecule has 1 N–H and O–H groups in total. The lowest BCUT2D eigenvalue weighted by Crippen LogP contribution is -2.65. The van der Waals surface area contributed by atoms with Crippen molar-refractivity contribution in [2.45, 2.75) is 64.1 Å². The van der Waals surface area contributed by atoms with Crippen LogP contribution in [0.5, 0.6) is 0 Å². The molecule has 1 saturated carbocycles. The normalized spacial score (nSPS) is 22.0. The molecule has 1 atom stereocenters. The standard InChI is InChI=1S/C24H26ClN3O3/c1-15-8-9-16(25)12-19(15)28-22(29)20-13-21-18(10-11-31-21)27(20)14-24(28,2)23(30)26-17-6-4-3-5-7-17/h8-13,17H,3-7,14H2,1-2H3,(H,26,30)/t24-/m0/s1. The first-order chi connectivity index (χ1) is 14.9. The summed E-state index contributed by atoms with van der Waals surface area (Å²) >= 11 is 6.30. The first kappa shape index (κ1) is 20.2. The number of nitrogens with zero attached hydrogens (tertiary/aromatic N) is 2. The number of rotatable bonds is 3. The van der Waals surface area contributed by atoms with Gasteiger partial charge in [-0.05, 0) is 44.4 Å². The Morgan fingerprint density at radius 3 is 2.74 bits per heavy atom. The Morgan fingerprint density at radius 2 is 1.97 bits per heavy atom. The third-order valence-electron chi connectivity index (χ3n) is 6.75. The van der Waals surface area contributed by atoms with Crippen molar-refractivity contribution < 1.29 is 14.0 Å². The molecule has 0 bridgehead atoms. The van der Waals surface area contributed by atoms with E-state index in [0.29, 0.717) is 28.5 Å². The van der Waals surface area contributed by atoms with Crippen LogP contribution in [-0.2, 0) is 11.3 Å². The van der Waals surface area contributed by atoms with Crippen LogP contribution < -0.4 is 10.2 Å². The Morgan fingerprint density at radius 1 is 1.19 bits per heavy atom. The molecule has 6 nitrogen and oxygen atoms in total. The smallest absolute Gasteiger partial charge is 0.276 e. The molecule has 1 fully saturated rings. The third kappa shape index (κ3) is 3.24. The highest BCUT2D eigenvalue weighted by Gasteiger charge is 2.49. The van der Waals surface area contributed by atoms with Gasteiger partial charge in [0.2, 0.25) is 5.91 Å². The van der Waals surface area contributed by atoms with Crippen LogP contribution in [0, 0.1) is 6.92 Å². The maximum absolute atomic E-state index is 13.8. The van der Waals surface area contributed by atoms with E-state index in [1.54, 1.807) is 29.4 Å². The second-order valence-electron chi connectivity index (χ2n) is 8.94. The fourth-order valence-electron chi connectivity index (χ4n) is 5.00. The number of halogens is 1. The number of carbonyl (C=O) groups excluding carboxylic acids is 2. The summed E-state index contributed by atoms with van der Waals surface area (Å²) < 4.78 is 7.44. The fraction of sp³-hybridized carbons (Fsp3) is 0.417. The average molecular weight is 440 g/mol. The van der Waals surface area contributed by atoms with Gasteiger partial charge in [-0.15, -0.1) is 0 Å². The van der Waals surface area contributed by atoms with Crippen molar-refractivity contribution in [2.24, 2.45) is 0 Å². The Hall–Kier alpha value is -2.73. The number of amides is 2. The van der Waals surface area contributed by atoms with Crippen molar-refractivity contribution in [3.8, 4) is 0 Å². The largest absolute Gasteiger partial charge is 0.463 e. The molecule has 3 heterocycles. The fourth-order valence-corrected chi connectivity index (χ4v) is 5.17. The van der Waals surface area contributed by atoms with Crippen molar-refractivity contribution >= 4 is 40.2 Å². The number of aryl methyl sites for hydroxylation is 1. The Kier molecular flexibility index (Phi) is 4.85. The van der Waals surface area contributed by atoms with Gasteiger partial charge in [0.15, 0.2) is 5.58 Å². The van der Waals surface area contributed by atoms with E-state index in [4.69, 9.17) is 16.0 Å². The van der Waals surface area contributed by atoms with E-state index in [0.717, 1.165) is 36.8 Å². The molecule has 0 spiro atoms. The predicted octanol–water partition coefficient (Wildman–Crippen LogP) is 5.06. The zero-order chi connectivity index (χ0) is 21.8. The number of hydrogen-bond donors (Lipinski definition) is 1. The molecule has 0 saturated heterocycles. The minimum absolute atomic E-state index is 0.136. The van der Waals surface area contributed by atoms with Crippen LogP contribution in [0.1, 0.15) is 55.1 Å². The van der Waals surface area contributed by atoms with Crippen LogP contribution in [0.4, 0.5) is 5.69 Å². The van der Waals surface area contributed by atoms with Crippen LogP contribution in [-0.4, -0.2) is 28.0 Å². The first-order valence-electron chi connectivity index (χ1n) is 10.9. The van der Waals surface area contributed by atoms with Crippen LogP contribution in [0.15, 0.2) is 41.0 Å². The van der Waals surface area contributed by atoms with Gasteiger partial charge >= 0.3 is 0 Å². The highest BCUT2D eigenvalue weighted by atomic mass is 35.5. The Labute approximate surface area is 186 Å². The highest BCUT2D eigenvalue weighted by molar-refractivity contribution is 6.31. The topological polar surface area (TPSA) is 67.5 Å². The molecule has 1 aromatic carbocycles. The van der Waals surface area contributed by atoms with E-state index < -0.39 is 5.54 Å². The SMILES string of the molecule is Cc1ccc(Cl)cc1N1C(=O)c2cc3occc3n2C[C@@]1(C)C(=O)NC1CCCCC1. The van der Waals surface area contributed by atoms with E-state index >= 15 is 0 Å². The predicted molar refractivity (Wildman–Crippen MR) is 121 cm³/mol. The van der Waals surface area contributed by atoms with Gasteiger partial charge in [0, 0.05) is 28.9 Å². The van der Waals surface area contributed by atoms with E-state index in [1.165, 1.54) is 6.42 Å². The first-order valence-corrected chi connectivity index (χ1v) is 11.2. The summed E-state index contributed by atoms with van der Waals surface area (Å²) in [7, 11) is 0. The molecule has 2 aliphatic rings. The van der Waals surface area contributed by atoms with Crippen molar-refractivity contribution in [1.82, 2.24) is 9.88 Å². The molecule has 2 aromatic heterocycles. The summed E-state index contributed by atoms with van der Waals surface area (Å²) in [6.07, 6.45) is 7.01. The molecule has 1 aliphatic carbocycles. The zero-order valence-electron chi connectivity index (χ0n) is 17.8. The summed E-state index contributed by atoms with van der Waals surface area (Å²) in [6, 6.07) is 9.18. The molecule has 3 aromatic rings. The highest BCUT2D eigenvalue weighted by Crippen LogP contribution is 2.38. The molecule has 5 rings (SSSR count). The van der Waals surface area contributed by atoms with Crippen molar-refractivity contribution in [2.75, 3.05) is 4.90 Å². The number of benzene rings is 1. The Balaban J connectivity index is 1.63. The van der Waals surface area contributed by atoms with E-state index in [9.17, 15) is 9.59 Å². The molecule has 2 amide bonds. The third-order valence-corrected chi connectivity index (χ3v) is 6.98. The quantitative estimate of drug-likeness (QED) is 0.619. The van der Waals surface area contributed by atoms with Gasteiger partial charge in [0.05, 0.1) is 18.3 Å². The van der Waals surface area contributed by atoms with Crippen LogP contribution in [0.25, 0.3) is 11.1 Å². The summed E-state index contributed by atoms with van der Waals surface area (Å²) in [4.78, 5) is 29.2. The molecule has 162 valence electrons. The molecular formula is C24H26ClN3O3. The van der Waals surface area contributed by atoms with Gasteiger partial charge in [0.1, 0.15) is 11.2 Å². The average Bonchev–Trinajstić information content (AvgIpc) is 3.34. The minimum atomic E-state index is -1.11. The number of fused-ring (bicyclic) bond motifs is 3. The molecule has 7 heteroatoms. The molecule has 0 radical (unpaired) electrons. The lowest BCUT2D eigenvalue weighted by Gasteiger charge is -2.45. The lowest BCUT2D eigenvalue weighted by molar-refractivity contribution is -0.127. The van der Waals surface area contributed by atoms with Crippen LogP contribution in [0.2, 0.25) is 5.02 Å². The number of nitrogens with one attached hydrogen (secondary N) is 1. The van der Waals surface area contributed by atoms with Gasteiger partial charge in [0.25, 0.3) is 5.91 Å². The minimum Gasteiger partial charge on any atom is -0.463 e. The molecular weight excluding hydrogens is 414 g/mol. The van der Waals surface area contributed by atoms with Crippen molar-refractivity contribution in [3.63, 3.8) is 0 Å². The van der Waals surface area contributed by atoms with E-state index in [-0.39, 0.29) is 17.9 Å². The zero-order valence-corrected chi connectivity index (χ0v) is 18.5. The molecule has 1 aliphatic heterocycles. The number of hydrogen-bond acceptors (Lipinski definition) is 3. The van der Waals surface area contributed by atoms with Gasteiger partial charge in [-0.3, -0.25) is 14.5 Å². The van der Waals surface area contributed by atoms with Gasteiger partial charge < -0.3 is 14.3 Å². The van der Waals surface area contributed by atoms with E-state index in [2.05, 4.69) is 5.32 Å². The number of aromatic nitrogens is 1. The van der Waals surface area contributed by atoms with Crippen molar-refractivity contribution in [3.05, 3.63) is 52.9 Å². The summed E-state index contributed by atoms with van der Waals surface area (Å²) in [5.74, 6) is -0.368. The number of carbonyl (C=O) groups is 2. The summed E-state index contributed by atoms with van der Waals surface area (Å²) in [5, 5.41) is 3.77. The molecule has 31 heavy (non-hydrogen) atoms. The summed E-state index contributed by atoms with van der Waals surface area (Å²) in [6.45, 7) is 4.11. The van der Waals surface area contributed by atoms with Crippen molar-refractivity contribution in [1.29, 1.82) is 0 Å². The van der Waals surface area contributed by atoms with Gasteiger partial charge in [-0.2, -0.15) is 0 Å².